The van der Waals surface area contributed by atoms with E-state index in [1.807, 2.05) is 0 Å². The molecule has 1 heterocycles. The van der Waals surface area contributed by atoms with Crippen LogP contribution in [0, 0.1) is 0 Å². The van der Waals surface area contributed by atoms with Crippen LogP contribution in [0.25, 0.3) is 6.08 Å². The van der Waals surface area contributed by atoms with Gasteiger partial charge >= 0.3 is 11.9 Å². The maximum atomic E-state index is 11.1. The molecule has 1 saturated heterocycles. The predicted octanol–water partition coefficient (Wildman–Crippen LogP) is -0.936. The molecule has 1 aromatic rings. The number of hydrogen-bond donors (Lipinski definition) is 5. The largest absolute Gasteiger partial charge is 0.493 e. The highest BCUT2D eigenvalue weighted by Gasteiger charge is 2.48. The van der Waals surface area contributed by atoms with Gasteiger partial charge < -0.3 is 39.7 Å². The van der Waals surface area contributed by atoms with Crippen LogP contribution in [0.4, 0.5) is 0 Å². The molecule has 0 radical (unpaired) electrons. The molecule has 5 atom stereocenters. The van der Waals surface area contributed by atoms with E-state index < -0.39 is 42.6 Å². The van der Waals surface area contributed by atoms with Crippen LogP contribution in [0.15, 0.2) is 24.3 Å². The lowest BCUT2D eigenvalue weighted by Crippen LogP contribution is -2.61. The Labute approximate surface area is 147 Å². The number of carboxylic acids is 2. The first-order valence-corrected chi connectivity index (χ1v) is 7.42. The summed E-state index contributed by atoms with van der Waals surface area (Å²) in [5, 5.41) is 47.2. The smallest absolute Gasteiger partial charge is 0.335 e. The number of aliphatic hydroxyl groups is 3. The molecule has 0 aromatic heterocycles. The van der Waals surface area contributed by atoms with Crippen LogP contribution in [0.1, 0.15) is 5.56 Å². The molecular formula is C16H18O10. The fourth-order valence-electron chi connectivity index (χ4n) is 2.33. The zero-order chi connectivity index (χ0) is 19.4. The zero-order valence-electron chi connectivity index (χ0n) is 13.6. The van der Waals surface area contributed by atoms with Gasteiger partial charge in [0.1, 0.15) is 18.3 Å². The third-order valence-electron chi connectivity index (χ3n) is 3.66. The third-order valence-corrected chi connectivity index (χ3v) is 3.66. The third kappa shape index (κ3) is 4.29. The second kappa shape index (κ2) is 8.15. The molecule has 5 unspecified atom stereocenters. The lowest BCUT2D eigenvalue weighted by molar-refractivity contribution is -0.271. The second-order valence-corrected chi connectivity index (χ2v) is 5.43. The number of benzene rings is 1. The van der Waals surface area contributed by atoms with Gasteiger partial charge in [0.2, 0.25) is 6.29 Å². The average molecular weight is 370 g/mol. The monoisotopic (exact) mass is 370 g/mol. The minimum absolute atomic E-state index is 0.0109. The molecule has 142 valence electrons. The number of carbonyl (C=O) groups is 2. The Hall–Kier alpha value is -2.66. The molecule has 1 aliphatic heterocycles. The van der Waals surface area contributed by atoms with E-state index in [2.05, 4.69) is 0 Å². The van der Waals surface area contributed by atoms with Crippen molar-refractivity contribution in [3.05, 3.63) is 29.8 Å². The van der Waals surface area contributed by atoms with Gasteiger partial charge in [-0.05, 0) is 23.8 Å². The normalized spacial score (nSPS) is 28.7. The van der Waals surface area contributed by atoms with Gasteiger partial charge in [0.25, 0.3) is 0 Å². The van der Waals surface area contributed by atoms with Crippen molar-refractivity contribution in [2.45, 2.75) is 30.7 Å². The van der Waals surface area contributed by atoms with E-state index in [4.69, 9.17) is 24.4 Å². The summed E-state index contributed by atoms with van der Waals surface area (Å²) in [6.07, 6.45) is -6.61. The van der Waals surface area contributed by atoms with Crippen molar-refractivity contribution in [3.63, 3.8) is 0 Å². The maximum Gasteiger partial charge on any atom is 0.335 e. The first-order valence-electron chi connectivity index (χ1n) is 7.42. The Bertz CT molecular complexity index is 700. The highest BCUT2D eigenvalue weighted by molar-refractivity contribution is 5.85. The van der Waals surface area contributed by atoms with Crippen molar-refractivity contribution in [1.82, 2.24) is 0 Å². The average Bonchev–Trinajstić information content (AvgIpc) is 2.60. The number of aliphatic carboxylic acids is 2. The molecule has 0 spiro atoms. The van der Waals surface area contributed by atoms with Crippen molar-refractivity contribution in [3.8, 4) is 11.5 Å². The minimum atomic E-state index is -1.84. The molecule has 10 nitrogen and oxygen atoms in total. The van der Waals surface area contributed by atoms with Gasteiger partial charge in [0.15, 0.2) is 17.6 Å². The van der Waals surface area contributed by atoms with Crippen LogP contribution >= 0.6 is 0 Å². The van der Waals surface area contributed by atoms with Crippen LogP contribution in [0.3, 0.4) is 0 Å². The summed E-state index contributed by atoms with van der Waals surface area (Å²) < 4.78 is 15.6. The summed E-state index contributed by atoms with van der Waals surface area (Å²) in [7, 11) is 1.34. The van der Waals surface area contributed by atoms with E-state index in [0.717, 1.165) is 6.08 Å². The highest BCUT2D eigenvalue weighted by atomic mass is 16.7. The van der Waals surface area contributed by atoms with Gasteiger partial charge in [0.05, 0.1) is 7.11 Å². The fraction of sp³-hybridized carbons (Fsp3) is 0.375. The van der Waals surface area contributed by atoms with Gasteiger partial charge in [-0.25, -0.2) is 9.59 Å². The molecule has 5 N–H and O–H groups in total. The Morgan fingerprint density at radius 3 is 2.35 bits per heavy atom. The van der Waals surface area contributed by atoms with E-state index in [9.17, 15) is 24.9 Å². The number of rotatable bonds is 6. The highest BCUT2D eigenvalue weighted by Crippen LogP contribution is 2.32. The molecule has 26 heavy (non-hydrogen) atoms. The van der Waals surface area contributed by atoms with Crippen molar-refractivity contribution in [2.75, 3.05) is 7.11 Å². The van der Waals surface area contributed by atoms with Crippen molar-refractivity contribution in [2.24, 2.45) is 0 Å². The second-order valence-electron chi connectivity index (χ2n) is 5.43. The standard InChI is InChI=1S/C16H18O10/c1-24-8-4-2-7(3-5-10(17)18)6-9(8)25-16-13(21)11(19)12(20)14(26-16)15(22)23/h2-6,11-14,16,19-21H,1H3,(H,17,18)(H,22,23)/b5-3+. The summed E-state index contributed by atoms with van der Waals surface area (Å²) >= 11 is 0. The van der Waals surface area contributed by atoms with E-state index >= 15 is 0 Å². The van der Waals surface area contributed by atoms with Gasteiger partial charge in [-0.3, -0.25) is 0 Å². The van der Waals surface area contributed by atoms with Gasteiger partial charge in [-0.2, -0.15) is 0 Å². The molecule has 0 bridgehead atoms. The quantitative estimate of drug-likeness (QED) is 0.395. The predicted molar refractivity (Wildman–Crippen MR) is 84.6 cm³/mol. The molecule has 1 aliphatic rings. The molecule has 2 rings (SSSR count). The first kappa shape index (κ1) is 19.7. The SMILES string of the molecule is COc1ccc(/C=C/C(=O)O)cc1OC1OC(C(=O)O)C(O)C(O)C1O. The number of ether oxygens (including phenoxy) is 3. The van der Waals surface area contributed by atoms with Crippen molar-refractivity contribution >= 4 is 18.0 Å². The summed E-state index contributed by atoms with van der Waals surface area (Å²) in [6, 6.07) is 4.38. The Morgan fingerprint density at radius 1 is 1.08 bits per heavy atom. The fourth-order valence-corrected chi connectivity index (χ4v) is 2.33. The topological polar surface area (TPSA) is 163 Å². The van der Waals surface area contributed by atoms with E-state index in [0.29, 0.717) is 5.56 Å². The number of carboxylic acid groups (broad SMARTS) is 2. The number of methoxy groups -OCH3 is 1. The van der Waals surface area contributed by atoms with Crippen molar-refractivity contribution < 1.29 is 49.3 Å². The molecule has 0 saturated carbocycles. The van der Waals surface area contributed by atoms with Crippen LogP contribution < -0.4 is 9.47 Å². The van der Waals surface area contributed by atoms with Gasteiger partial charge in [-0.15, -0.1) is 0 Å². The Morgan fingerprint density at radius 2 is 1.77 bits per heavy atom. The van der Waals surface area contributed by atoms with E-state index in [-0.39, 0.29) is 11.5 Å². The summed E-state index contributed by atoms with van der Waals surface area (Å²) in [5.74, 6) is -2.49. The lowest BCUT2D eigenvalue weighted by atomic mass is 9.99. The summed E-state index contributed by atoms with van der Waals surface area (Å²) in [6.45, 7) is 0. The Balaban J connectivity index is 2.28. The molecule has 0 aliphatic carbocycles. The first-order chi connectivity index (χ1) is 12.2. The molecule has 10 heteroatoms. The van der Waals surface area contributed by atoms with E-state index in [1.54, 1.807) is 6.07 Å². The van der Waals surface area contributed by atoms with Crippen molar-refractivity contribution in [1.29, 1.82) is 0 Å². The number of aliphatic hydroxyl groups excluding tert-OH is 3. The van der Waals surface area contributed by atoms with Gasteiger partial charge in [0, 0.05) is 6.08 Å². The molecule has 1 fully saturated rings. The van der Waals surface area contributed by atoms with Crippen LogP contribution in [-0.2, 0) is 14.3 Å². The Kier molecular flexibility index (Phi) is 6.16. The van der Waals surface area contributed by atoms with Crippen LogP contribution in [-0.4, -0.2) is 75.3 Å². The molecule has 0 amide bonds. The summed E-state index contributed by atoms with van der Waals surface area (Å²) in [5.41, 5.74) is 0.420. The van der Waals surface area contributed by atoms with E-state index in [1.165, 1.54) is 25.3 Å². The molecule has 1 aromatic carbocycles. The minimum Gasteiger partial charge on any atom is -0.493 e. The molecular weight excluding hydrogens is 352 g/mol. The van der Waals surface area contributed by atoms with Gasteiger partial charge in [-0.1, -0.05) is 6.07 Å². The van der Waals surface area contributed by atoms with Crippen LogP contribution in [0.2, 0.25) is 0 Å². The van der Waals surface area contributed by atoms with Crippen LogP contribution in [0.5, 0.6) is 11.5 Å². The zero-order valence-corrected chi connectivity index (χ0v) is 13.6. The summed E-state index contributed by atoms with van der Waals surface area (Å²) in [4.78, 5) is 21.7. The maximum absolute atomic E-state index is 11.1. The number of hydrogen-bond acceptors (Lipinski definition) is 8. The lowest BCUT2D eigenvalue weighted by Gasteiger charge is -2.38.